The molecule has 0 radical (unpaired) electrons. The highest BCUT2D eigenvalue weighted by atomic mass is 16.2. The Morgan fingerprint density at radius 2 is 1.90 bits per heavy atom. The number of carbonyl (C=O) groups is 2. The summed E-state index contributed by atoms with van der Waals surface area (Å²) in [7, 11) is 0. The number of benzene rings is 1. The summed E-state index contributed by atoms with van der Waals surface area (Å²) in [4.78, 5) is 23.0. The molecule has 6 heteroatoms. The number of amides is 3. The van der Waals surface area contributed by atoms with Gasteiger partial charge in [0.25, 0.3) is 0 Å². The second-order valence-electron chi connectivity index (χ2n) is 4.83. The first-order chi connectivity index (χ1) is 9.43. The van der Waals surface area contributed by atoms with Crippen LogP contribution in [0.5, 0.6) is 0 Å². The minimum atomic E-state index is -0.655. The molecule has 3 amide bonds. The maximum Gasteiger partial charge on any atom is 0.312 e. The quantitative estimate of drug-likeness (QED) is 0.610. The highest BCUT2D eigenvalue weighted by molar-refractivity contribution is 5.79. The van der Waals surface area contributed by atoms with Crippen LogP contribution in [-0.4, -0.2) is 24.5 Å². The lowest BCUT2D eigenvalue weighted by Gasteiger charge is -2.20. The summed E-state index contributed by atoms with van der Waals surface area (Å²) in [6.07, 6.45) is 0.123. The number of rotatable bonds is 6. The van der Waals surface area contributed by atoms with Crippen molar-refractivity contribution in [2.75, 3.05) is 6.54 Å². The molecule has 0 spiro atoms. The van der Waals surface area contributed by atoms with Crippen LogP contribution in [0, 0.1) is 6.92 Å². The van der Waals surface area contributed by atoms with Crippen molar-refractivity contribution in [2.24, 2.45) is 11.5 Å². The monoisotopic (exact) mass is 278 g/mol. The molecule has 1 rings (SSSR count). The number of aryl methyl sites for hydroxylation is 1. The topological polar surface area (TPSA) is 110 Å². The average Bonchev–Trinajstić information content (AvgIpc) is 2.37. The van der Waals surface area contributed by atoms with Gasteiger partial charge in [-0.2, -0.15) is 0 Å². The first kappa shape index (κ1) is 16.0. The number of primary amides is 1. The molecule has 0 saturated carbocycles. The molecule has 1 unspecified atom stereocenters. The first-order valence-electron chi connectivity index (χ1n) is 6.55. The van der Waals surface area contributed by atoms with E-state index in [1.165, 1.54) is 0 Å². The maximum atomic E-state index is 11.9. The van der Waals surface area contributed by atoms with Gasteiger partial charge in [-0.3, -0.25) is 4.79 Å². The first-order valence-corrected chi connectivity index (χ1v) is 6.55. The van der Waals surface area contributed by atoms with E-state index >= 15 is 0 Å². The van der Waals surface area contributed by atoms with E-state index in [-0.39, 0.29) is 18.4 Å². The lowest BCUT2D eigenvalue weighted by molar-refractivity contribution is -0.122. The van der Waals surface area contributed by atoms with Crippen molar-refractivity contribution in [3.8, 4) is 0 Å². The van der Waals surface area contributed by atoms with Crippen LogP contribution in [0.15, 0.2) is 24.3 Å². The van der Waals surface area contributed by atoms with Gasteiger partial charge in [0.15, 0.2) is 0 Å². The normalized spacial score (nSPS) is 13.3. The molecule has 20 heavy (non-hydrogen) atoms. The van der Waals surface area contributed by atoms with Crippen molar-refractivity contribution in [3.05, 3.63) is 35.4 Å². The lowest BCUT2D eigenvalue weighted by atomic mass is 9.98. The van der Waals surface area contributed by atoms with Gasteiger partial charge in [-0.25, -0.2) is 4.79 Å². The molecule has 0 saturated heterocycles. The largest absolute Gasteiger partial charge is 0.352 e. The molecular weight excluding hydrogens is 256 g/mol. The smallest absolute Gasteiger partial charge is 0.312 e. The van der Waals surface area contributed by atoms with E-state index in [1.54, 1.807) is 0 Å². The highest BCUT2D eigenvalue weighted by Gasteiger charge is 2.19. The minimum absolute atomic E-state index is 0.103. The Labute approximate surface area is 118 Å². The van der Waals surface area contributed by atoms with Gasteiger partial charge in [0, 0.05) is 12.6 Å². The molecule has 0 aliphatic rings. The second kappa shape index (κ2) is 7.49. The van der Waals surface area contributed by atoms with Crippen LogP contribution in [0.3, 0.4) is 0 Å². The van der Waals surface area contributed by atoms with Crippen LogP contribution in [0.2, 0.25) is 0 Å². The molecule has 1 aromatic rings. The third-order valence-corrected chi connectivity index (χ3v) is 3.03. The SMILES string of the molecule is Cc1ccccc1C(CC(=O)N[C@@H](C)CN)NC(N)=O. The van der Waals surface area contributed by atoms with Crippen molar-refractivity contribution in [1.29, 1.82) is 0 Å². The number of carbonyl (C=O) groups excluding carboxylic acids is 2. The van der Waals surface area contributed by atoms with E-state index < -0.39 is 12.1 Å². The van der Waals surface area contributed by atoms with E-state index in [1.807, 2.05) is 38.1 Å². The number of urea groups is 1. The van der Waals surface area contributed by atoms with E-state index in [0.29, 0.717) is 6.54 Å². The molecule has 110 valence electrons. The van der Waals surface area contributed by atoms with Crippen molar-refractivity contribution in [1.82, 2.24) is 10.6 Å². The molecule has 6 N–H and O–H groups in total. The molecule has 0 aliphatic heterocycles. The summed E-state index contributed by atoms with van der Waals surface area (Å²) in [6.45, 7) is 4.11. The molecular formula is C14H22N4O2. The summed E-state index contributed by atoms with van der Waals surface area (Å²) < 4.78 is 0. The zero-order valence-electron chi connectivity index (χ0n) is 11.8. The molecule has 1 aromatic carbocycles. The molecule has 0 aromatic heterocycles. The Hall–Kier alpha value is -2.08. The lowest BCUT2D eigenvalue weighted by Crippen LogP contribution is -2.41. The number of hydrogen-bond acceptors (Lipinski definition) is 3. The van der Waals surface area contributed by atoms with E-state index in [4.69, 9.17) is 11.5 Å². The molecule has 2 atom stereocenters. The van der Waals surface area contributed by atoms with Crippen LogP contribution >= 0.6 is 0 Å². The molecule has 0 heterocycles. The predicted molar refractivity (Wildman–Crippen MR) is 77.9 cm³/mol. The van der Waals surface area contributed by atoms with Crippen molar-refractivity contribution >= 4 is 11.9 Å². The van der Waals surface area contributed by atoms with Crippen LogP contribution in [0.25, 0.3) is 0 Å². The molecule has 0 fully saturated rings. The van der Waals surface area contributed by atoms with Crippen molar-refractivity contribution in [2.45, 2.75) is 32.4 Å². The fourth-order valence-corrected chi connectivity index (χ4v) is 1.97. The van der Waals surface area contributed by atoms with E-state index in [0.717, 1.165) is 11.1 Å². The Bertz CT molecular complexity index is 476. The Kier molecular flexibility index (Phi) is 5.99. The Morgan fingerprint density at radius 3 is 2.45 bits per heavy atom. The van der Waals surface area contributed by atoms with Gasteiger partial charge < -0.3 is 22.1 Å². The second-order valence-corrected chi connectivity index (χ2v) is 4.83. The zero-order chi connectivity index (χ0) is 15.1. The van der Waals surface area contributed by atoms with Gasteiger partial charge in [0.1, 0.15) is 0 Å². The van der Waals surface area contributed by atoms with Gasteiger partial charge in [0.05, 0.1) is 12.5 Å². The van der Waals surface area contributed by atoms with Gasteiger partial charge in [-0.05, 0) is 25.0 Å². The number of nitrogens with one attached hydrogen (secondary N) is 2. The summed E-state index contributed by atoms with van der Waals surface area (Å²) in [6, 6.07) is 6.35. The van der Waals surface area contributed by atoms with E-state index in [9.17, 15) is 9.59 Å². The summed E-state index contributed by atoms with van der Waals surface area (Å²) in [5.41, 5.74) is 12.5. The van der Waals surface area contributed by atoms with Crippen LogP contribution < -0.4 is 22.1 Å². The van der Waals surface area contributed by atoms with E-state index in [2.05, 4.69) is 10.6 Å². The van der Waals surface area contributed by atoms with Crippen molar-refractivity contribution in [3.63, 3.8) is 0 Å². The van der Waals surface area contributed by atoms with Crippen LogP contribution in [0.1, 0.15) is 30.5 Å². The predicted octanol–water partition coefficient (Wildman–Crippen LogP) is 0.558. The third-order valence-electron chi connectivity index (χ3n) is 3.03. The van der Waals surface area contributed by atoms with Gasteiger partial charge >= 0.3 is 6.03 Å². The number of hydrogen-bond donors (Lipinski definition) is 4. The Morgan fingerprint density at radius 1 is 1.25 bits per heavy atom. The summed E-state index contributed by atoms with van der Waals surface area (Å²) >= 11 is 0. The zero-order valence-corrected chi connectivity index (χ0v) is 11.8. The molecule has 6 nitrogen and oxygen atoms in total. The minimum Gasteiger partial charge on any atom is -0.352 e. The third kappa shape index (κ3) is 4.89. The summed E-state index contributed by atoms with van der Waals surface area (Å²) in [5, 5.41) is 5.37. The van der Waals surface area contributed by atoms with Gasteiger partial charge in [0.2, 0.25) is 5.91 Å². The van der Waals surface area contributed by atoms with Gasteiger partial charge in [-0.15, -0.1) is 0 Å². The fraction of sp³-hybridized carbons (Fsp3) is 0.429. The van der Waals surface area contributed by atoms with Crippen LogP contribution in [0.4, 0.5) is 4.79 Å². The maximum absolute atomic E-state index is 11.9. The van der Waals surface area contributed by atoms with Crippen LogP contribution in [-0.2, 0) is 4.79 Å². The fourth-order valence-electron chi connectivity index (χ4n) is 1.97. The highest BCUT2D eigenvalue weighted by Crippen LogP contribution is 2.20. The standard InChI is InChI=1S/C14H22N4O2/c1-9-5-3-4-6-11(9)12(18-14(16)20)7-13(19)17-10(2)8-15/h3-6,10,12H,7-8,15H2,1-2H3,(H,17,19)(H3,16,18,20)/t10-,12?/m0/s1. The Balaban J connectivity index is 2.83. The average molecular weight is 278 g/mol. The number of nitrogens with two attached hydrogens (primary N) is 2. The molecule has 0 bridgehead atoms. The van der Waals surface area contributed by atoms with Crippen molar-refractivity contribution < 1.29 is 9.59 Å². The summed E-state index contributed by atoms with van der Waals surface area (Å²) in [5.74, 6) is -0.176. The molecule has 0 aliphatic carbocycles. The van der Waals surface area contributed by atoms with Gasteiger partial charge in [-0.1, -0.05) is 24.3 Å².